The summed E-state index contributed by atoms with van der Waals surface area (Å²) >= 11 is 0. The molecule has 6 rings (SSSR count). The molecule has 0 radical (unpaired) electrons. The van der Waals surface area contributed by atoms with Gasteiger partial charge in [-0.05, 0) is 69.3 Å². The van der Waals surface area contributed by atoms with E-state index in [0.717, 1.165) is 45.8 Å². The largest absolute Gasteiger partial charge is 0.372 e. The highest BCUT2D eigenvalue weighted by atomic mass is 16.2. The average Bonchev–Trinajstić information content (AvgIpc) is 3.51. The maximum absolute atomic E-state index is 13.4. The Morgan fingerprint density at radius 3 is 1.20 bits per heavy atom. The predicted molar refractivity (Wildman–Crippen MR) is 256 cm³/mol. The second kappa shape index (κ2) is 23.7. The molecule has 59 heavy (non-hydrogen) atoms. The van der Waals surface area contributed by atoms with Gasteiger partial charge < -0.3 is 4.90 Å². The lowest BCUT2D eigenvalue weighted by Crippen LogP contribution is -2.25. The molecule has 1 aliphatic carbocycles. The van der Waals surface area contributed by atoms with Crippen molar-refractivity contribution in [3.8, 4) is 0 Å². The normalized spacial score (nSPS) is 12.7. The first-order chi connectivity index (χ1) is 29.1. The van der Waals surface area contributed by atoms with Crippen molar-refractivity contribution < 1.29 is 9.59 Å². The summed E-state index contributed by atoms with van der Waals surface area (Å²) in [5.74, 6) is -0.395. The molecule has 3 heteroatoms. The Morgan fingerprint density at radius 1 is 0.407 bits per heavy atom. The van der Waals surface area contributed by atoms with Gasteiger partial charge in [-0.1, -0.05) is 227 Å². The molecule has 1 aliphatic rings. The Bertz CT molecular complexity index is 2040. The van der Waals surface area contributed by atoms with E-state index in [9.17, 15) is 9.59 Å². The van der Waals surface area contributed by atoms with E-state index in [0.29, 0.717) is 11.1 Å². The SMILES string of the molecule is CCCCCCCCCCCCN(CCCCCCCCCCCC)c1ccc(/C=C/c2c3ccccc3c(C=C3C(=O)c4ccccc4C3=O)c3ccccc23)cc1. The quantitative estimate of drug-likeness (QED) is 0.0184. The molecule has 0 heterocycles. The summed E-state index contributed by atoms with van der Waals surface area (Å²) in [6.45, 7) is 6.85. The van der Waals surface area contributed by atoms with Crippen LogP contribution < -0.4 is 4.90 Å². The Hall–Kier alpha value is -4.76. The van der Waals surface area contributed by atoms with Crippen molar-refractivity contribution in [3.63, 3.8) is 0 Å². The number of Topliss-reactive ketones (excluding diaryl/α,β-unsaturated/α-hetero) is 2. The highest BCUT2D eigenvalue weighted by molar-refractivity contribution is 6.41. The zero-order chi connectivity index (χ0) is 41.1. The van der Waals surface area contributed by atoms with Gasteiger partial charge in [0.2, 0.25) is 0 Å². The Balaban J connectivity index is 1.14. The van der Waals surface area contributed by atoms with Crippen LogP contribution in [0.3, 0.4) is 0 Å². The Kier molecular flexibility index (Phi) is 17.6. The summed E-state index contributed by atoms with van der Waals surface area (Å²) in [7, 11) is 0. The minimum atomic E-state index is -0.197. The highest BCUT2D eigenvalue weighted by Crippen LogP contribution is 2.37. The molecular formula is C56H69NO2. The lowest BCUT2D eigenvalue weighted by Gasteiger charge is -2.25. The summed E-state index contributed by atoms with van der Waals surface area (Å²) in [6.07, 6.45) is 33.6. The molecule has 5 aromatic carbocycles. The standard InChI is InChI=1S/C56H69NO2/c1-3-5-7-9-11-13-15-17-19-27-41-57(42-28-20-18-16-14-12-10-8-6-4-2)45-38-35-44(36-39-45)37-40-50-46-29-21-23-31-48(46)53(49-32-24-22-30-47(49)50)43-54-55(58)51-33-25-26-34-52(51)56(54)59/h21-26,29-40,43H,3-20,27-28,41-42H2,1-2H3/b40-37+. The van der Waals surface area contributed by atoms with Crippen molar-refractivity contribution in [1.82, 2.24) is 0 Å². The molecule has 0 fully saturated rings. The van der Waals surface area contributed by atoms with Crippen molar-refractivity contribution in [2.45, 2.75) is 142 Å². The molecule has 0 aromatic heterocycles. The van der Waals surface area contributed by atoms with Gasteiger partial charge in [-0.25, -0.2) is 0 Å². The third-order valence-electron chi connectivity index (χ3n) is 12.5. The molecule has 0 aliphatic heterocycles. The lowest BCUT2D eigenvalue weighted by molar-refractivity contribution is 0.0990. The topological polar surface area (TPSA) is 37.4 Å². The molecule has 3 nitrogen and oxygen atoms in total. The van der Waals surface area contributed by atoms with Crippen LogP contribution in [0.15, 0.2) is 103 Å². The van der Waals surface area contributed by atoms with E-state index in [1.54, 1.807) is 12.1 Å². The van der Waals surface area contributed by atoms with Crippen LogP contribution in [0.4, 0.5) is 5.69 Å². The maximum atomic E-state index is 13.4. The molecule has 0 N–H and O–H groups in total. The molecule has 310 valence electrons. The first kappa shape index (κ1) is 43.8. The number of nitrogens with zero attached hydrogens (tertiary/aromatic N) is 1. The molecule has 0 saturated carbocycles. The monoisotopic (exact) mass is 788 g/mol. The van der Waals surface area contributed by atoms with E-state index in [2.05, 4.69) is 91.6 Å². The lowest BCUT2D eigenvalue weighted by atomic mass is 9.90. The van der Waals surface area contributed by atoms with Crippen LogP contribution in [-0.4, -0.2) is 24.7 Å². The fourth-order valence-electron chi connectivity index (χ4n) is 9.00. The molecule has 0 spiro atoms. The van der Waals surface area contributed by atoms with E-state index in [1.807, 2.05) is 30.3 Å². The molecule has 0 unspecified atom stereocenters. The highest BCUT2D eigenvalue weighted by Gasteiger charge is 2.33. The Morgan fingerprint density at radius 2 is 0.780 bits per heavy atom. The van der Waals surface area contributed by atoms with Crippen molar-refractivity contribution in [1.29, 1.82) is 0 Å². The van der Waals surface area contributed by atoms with Crippen molar-refractivity contribution in [2.75, 3.05) is 18.0 Å². The molecule has 0 saturated heterocycles. The van der Waals surface area contributed by atoms with E-state index >= 15 is 0 Å². The fourth-order valence-corrected chi connectivity index (χ4v) is 9.00. The number of hydrogen-bond acceptors (Lipinski definition) is 3. The number of carbonyl (C=O) groups excluding carboxylic acids is 2. The van der Waals surface area contributed by atoms with E-state index in [4.69, 9.17) is 0 Å². The number of fused-ring (bicyclic) bond motifs is 3. The summed E-state index contributed by atoms with van der Waals surface area (Å²) in [5.41, 5.74) is 5.77. The first-order valence-corrected chi connectivity index (χ1v) is 23.5. The van der Waals surface area contributed by atoms with E-state index in [1.165, 1.54) is 140 Å². The smallest absolute Gasteiger partial charge is 0.197 e. The number of carbonyl (C=O) groups is 2. The number of unbranched alkanes of at least 4 members (excludes halogenated alkanes) is 18. The van der Waals surface area contributed by atoms with Gasteiger partial charge in [0.25, 0.3) is 0 Å². The van der Waals surface area contributed by atoms with Crippen molar-refractivity contribution in [3.05, 3.63) is 130 Å². The number of benzene rings is 5. The first-order valence-electron chi connectivity index (χ1n) is 23.5. The van der Waals surface area contributed by atoms with Gasteiger partial charge >= 0.3 is 0 Å². The number of ketones is 2. The van der Waals surface area contributed by atoms with Gasteiger partial charge in [0.15, 0.2) is 11.6 Å². The van der Waals surface area contributed by atoms with Crippen LogP contribution in [0.5, 0.6) is 0 Å². The second-order valence-electron chi connectivity index (χ2n) is 17.0. The summed E-state index contributed by atoms with van der Waals surface area (Å²) in [5, 5.41) is 4.25. The zero-order valence-electron chi connectivity index (χ0n) is 36.3. The van der Waals surface area contributed by atoms with Crippen LogP contribution in [0.2, 0.25) is 0 Å². The van der Waals surface area contributed by atoms with Crippen LogP contribution in [0.1, 0.15) is 180 Å². The predicted octanol–water partition coefficient (Wildman–Crippen LogP) is 16.3. The maximum Gasteiger partial charge on any atom is 0.197 e. The van der Waals surface area contributed by atoms with E-state index in [-0.39, 0.29) is 17.1 Å². The van der Waals surface area contributed by atoms with Crippen LogP contribution in [0.25, 0.3) is 39.8 Å². The molecule has 5 aromatic rings. The molecular weight excluding hydrogens is 719 g/mol. The summed E-state index contributed by atoms with van der Waals surface area (Å²) in [4.78, 5) is 29.5. The molecule has 0 amide bonds. The van der Waals surface area contributed by atoms with Gasteiger partial charge in [0.1, 0.15) is 0 Å². The summed E-state index contributed by atoms with van der Waals surface area (Å²) < 4.78 is 0. The summed E-state index contributed by atoms with van der Waals surface area (Å²) in [6, 6.07) is 33.1. The minimum Gasteiger partial charge on any atom is -0.372 e. The average molecular weight is 788 g/mol. The number of allylic oxidation sites excluding steroid dienone is 1. The van der Waals surface area contributed by atoms with Gasteiger partial charge in [0.05, 0.1) is 5.57 Å². The third kappa shape index (κ3) is 12.2. The minimum absolute atomic E-state index is 0.197. The van der Waals surface area contributed by atoms with Gasteiger partial charge in [-0.15, -0.1) is 0 Å². The van der Waals surface area contributed by atoms with E-state index < -0.39 is 0 Å². The van der Waals surface area contributed by atoms with Crippen LogP contribution in [0, 0.1) is 0 Å². The molecule has 0 atom stereocenters. The van der Waals surface area contributed by atoms with Crippen LogP contribution in [-0.2, 0) is 0 Å². The Labute approximate surface area is 356 Å². The zero-order valence-corrected chi connectivity index (χ0v) is 36.3. The van der Waals surface area contributed by atoms with Crippen molar-refractivity contribution in [2.24, 2.45) is 0 Å². The third-order valence-corrected chi connectivity index (χ3v) is 12.5. The van der Waals surface area contributed by atoms with Gasteiger partial charge in [-0.2, -0.15) is 0 Å². The fraction of sp³-hybridized carbons (Fsp3) is 0.429. The molecule has 0 bridgehead atoms. The number of hydrogen-bond donors (Lipinski definition) is 0. The van der Waals surface area contributed by atoms with Crippen LogP contribution >= 0.6 is 0 Å². The second-order valence-corrected chi connectivity index (χ2v) is 17.0. The number of anilines is 1. The van der Waals surface area contributed by atoms with Crippen molar-refractivity contribution >= 4 is 57.0 Å². The number of rotatable bonds is 26. The van der Waals surface area contributed by atoms with Gasteiger partial charge in [0, 0.05) is 29.9 Å². The van der Waals surface area contributed by atoms with Gasteiger partial charge in [-0.3, -0.25) is 9.59 Å².